The third kappa shape index (κ3) is 2.59. The van der Waals surface area contributed by atoms with Crippen LogP contribution in [0.4, 0.5) is 10.6 Å². The largest absolute Gasteiger partial charge is 0.351 e. The molecule has 0 unspecified atom stereocenters. The first kappa shape index (κ1) is 13.5. The Kier molecular flexibility index (Phi) is 3.56. The third-order valence-electron chi connectivity index (χ3n) is 3.83. The summed E-state index contributed by atoms with van der Waals surface area (Å²) < 4.78 is 0. The van der Waals surface area contributed by atoms with Gasteiger partial charge in [-0.2, -0.15) is 0 Å². The highest BCUT2D eigenvalue weighted by Crippen LogP contribution is 2.29. The molecular formula is C16H18N4O. The Balaban J connectivity index is 2.01. The van der Waals surface area contributed by atoms with E-state index in [4.69, 9.17) is 5.73 Å². The molecule has 2 aromatic rings. The molecule has 0 aliphatic carbocycles. The summed E-state index contributed by atoms with van der Waals surface area (Å²) >= 11 is 0. The lowest BCUT2D eigenvalue weighted by atomic mass is 10.0. The van der Waals surface area contributed by atoms with Crippen molar-refractivity contribution in [2.45, 2.75) is 26.2 Å². The highest BCUT2D eigenvalue weighted by Gasteiger charge is 2.22. The molecule has 1 aliphatic rings. The second-order valence-corrected chi connectivity index (χ2v) is 5.24. The third-order valence-corrected chi connectivity index (χ3v) is 3.83. The zero-order valence-corrected chi connectivity index (χ0v) is 12.0. The zero-order chi connectivity index (χ0) is 14.8. The molecule has 0 fully saturated rings. The molecule has 0 spiro atoms. The van der Waals surface area contributed by atoms with Crippen LogP contribution < -0.4 is 10.6 Å². The molecule has 1 aliphatic heterocycles. The van der Waals surface area contributed by atoms with E-state index < -0.39 is 6.03 Å². The molecule has 0 saturated heterocycles. The number of aromatic nitrogens is 2. The molecule has 0 saturated carbocycles. The Morgan fingerprint density at radius 2 is 2.10 bits per heavy atom. The summed E-state index contributed by atoms with van der Waals surface area (Å²) in [7, 11) is 0. The average Bonchev–Trinajstić information content (AvgIpc) is 2.53. The van der Waals surface area contributed by atoms with E-state index in [1.165, 1.54) is 5.56 Å². The average molecular weight is 282 g/mol. The summed E-state index contributed by atoms with van der Waals surface area (Å²) in [5, 5.41) is 0. The lowest BCUT2D eigenvalue weighted by Crippen LogP contribution is -2.40. The van der Waals surface area contributed by atoms with Gasteiger partial charge in [-0.15, -0.1) is 0 Å². The maximum atomic E-state index is 11.5. The van der Waals surface area contributed by atoms with E-state index >= 15 is 0 Å². The van der Waals surface area contributed by atoms with Gasteiger partial charge in [-0.05, 0) is 42.5 Å². The summed E-state index contributed by atoms with van der Waals surface area (Å²) in [4.78, 5) is 21.7. The minimum atomic E-state index is -0.439. The smallest absolute Gasteiger partial charge is 0.320 e. The number of anilines is 1. The van der Waals surface area contributed by atoms with Crippen LogP contribution in [0, 0.1) is 0 Å². The van der Waals surface area contributed by atoms with Crippen molar-refractivity contribution in [3.63, 3.8) is 0 Å². The normalized spacial score (nSPS) is 13.9. The fourth-order valence-corrected chi connectivity index (χ4v) is 2.67. The van der Waals surface area contributed by atoms with Crippen molar-refractivity contribution >= 4 is 11.8 Å². The van der Waals surface area contributed by atoms with Gasteiger partial charge in [-0.25, -0.2) is 9.78 Å². The van der Waals surface area contributed by atoms with Gasteiger partial charge >= 0.3 is 6.03 Å². The van der Waals surface area contributed by atoms with Gasteiger partial charge in [-0.3, -0.25) is 9.88 Å². The first-order chi connectivity index (χ1) is 10.2. The summed E-state index contributed by atoms with van der Waals surface area (Å²) in [6.07, 6.45) is 8.29. The number of pyridine rings is 2. The number of nitrogens with two attached hydrogens (primary N) is 1. The fourth-order valence-electron chi connectivity index (χ4n) is 2.67. The number of hydrogen-bond donors (Lipinski definition) is 1. The van der Waals surface area contributed by atoms with Crippen molar-refractivity contribution in [3.05, 3.63) is 41.9 Å². The molecule has 0 aromatic carbocycles. The van der Waals surface area contributed by atoms with Crippen LogP contribution in [0.15, 0.2) is 30.7 Å². The molecule has 5 nitrogen and oxygen atoms in total. The van der Waals surface area contributed by atoms with E-state index in [0.29, 0.717) is 12.4 Å². The summed E-state index contributed by atoms with van der Waals surface area (Å²) in [6.45, 7) is 2.75. The van der Waals surface area contributed by atoms with Gasteiger partial charge in [0.2, 0.25) is 0 Å². The fraction of sp³-hybridized carbons (Fsp3) is 0.312. The van der Waals surface area contributed by atoms with E-state index in [-0.39, 0.29) is 0 Å². The molecule has 0 atom stereocenters. The number of primary amides is 1. The van der Waals surface area contributed by atoms with Gasteiger partial charge in [0.05, 0.1) is 0 Å². The van der Waals surface area contributed by atoms with Gasteiger partial charge in [0.15, 0.2) is 0 Å². The Morgan fingerprint density at radius 1 is 1.29 bits per heavy atom. The maximum Gasteiger partial charge on any atom is 0.320 e. The lowest BCUT2D eigenvalue weighted by molar-refractivity contribution is 0.253. The topological polar surface area (TPSA) is 72.1 Å². The number of aryl methyl sites for hydroxylation is 2. The van der Waals surface area contributed by atoms with E-state index in [0.717, 1.165) is 36.0 Å². The van der Waals surface area contributed by atoms with Gasteiger partial charge in [-0.1, -0.05) is 6.92 Å². The Morgan fingerprint density at radius 3 is 2.86 bits per heavy atom. The number of amides is 2. The molecule has 0 radical (unpaired) electrons. The van der Waals surface area contributed by atoms with Gasteiger partial charge in [0, 0.05) is 36.3 Å². The molecule has 2 aromatic heterocycles. The minimum Gasteiger partial charge on any atom is -0.351 e. The van der Waals surface area contributed by atoms with Crippen molar-refractivity contribution in [3.8, 4) is 11.1 Å². The van der Waals surface area contributed by atoms with Crippen LogP contribution in [0.1, 0.15) is 24.5 Å². The van der Waals surface area contributed by atoms with Crippen LogP contribution in [-0.4, -0.2) is 22.5 Å². The second kappa shape index (κ2) is 5.52. The number of hydrogen-bond acceptors (Lipinski definition) is 3. The minimum absolute atomic E-state index is 0.439. The Labute approximate surface area is 123 Å². The van der Waals surface area contributed by atoms with Crippen LogP contribution in [0.5, 0.6) is 0 Å². The SMILES string of the molecule is CCc1cncc(-c2cnc3c(c2)CCCN3C(N)=O)c1. The number of rotatable bonds is 2. The molecule has 3 rings (SSSR count). The number of carbonyl (C=O) groups excluding carboxylic acids is 1. The lowest BCUT2D eigenvalue weighted by Gasteiger charge is -2.26. The second-order valence-electron chi connectivity index (χ2n) is 5.24. The van der Waals surface area contributed by atoms with Crippen molar-refractivity contribution in [2.75, 3.05) is 11.4 Å². The number of fused-ring (bicyclic) bond motifs is 1. The highest BCUT2D eigenvalue weighted by molar-refractivity contribution is 5.91. The van der Waals surface area contributed by atoms with Gasteiger partial charge in [0.1, 0.15) is 5.82 Å². The molecule has 2 N–H and O–H groups in total. The van der Waals surface area contributed by atoms with Crippen LogP contribution in [0.2, 0.25) is 0 Å². The van der Waals surface area contributed by atoms with Crippen LogP contribution in [-0.2, 0) is 12.8 Å². The molecule has 21 heavy (non-hydrogen) atoms. The number of nitrogens with zero attached hydrogens (tertiary/aromatic N) is 3. The predicted molar refractivity (Wildman–Crippen MR) is 82.1 cm³/mol. The zero-order valence-electron chi connectivity index (χ0n) is 12.0. The van der Waals surface area contributed by atoms with E-state index in [1.807, 2.05) is 12.4 Å². The van der Waals surface area contributed by atoms with Crippen molar-refractivity contribution in [1.29, 1.82) is 0 Å². The van der Waals surface area contributed by atoms with E-state index in [2.05, 4.69) is 29.0 Å². The van der Waals surface area contributed by atoms with Crippen molar-refractivity contribution in [1.82, 2.24) is 9.97 Å². The summed E-state index contributed by atoms with van der Waals surface area (Å²) in [6, 6.07) is 3.78. The van der Waals surface area contributed by atoms with E-state index in [1.54, 1.807) is 11.1 Å². The predicted octanol–water partition coefficient (Wildman–Crippen LogP) is 2.54. The summed E-state index contributed by atoms with van der Waals surface area (Å²) in [5.74, 6) is 0.692. The maximum absolute atomic E-state index is 11.5. The molecule has 5 heteroatoms. The first-order valence-electron chi connectivity index (χ1n) is 7.19. The molecule has 3 heterocycles. The van der Waals surface area contributed by atoms with Crippen molar-refractivity contribution in [2.24, 2.45) is 5.73 Å². The monoisotopic (exact) mass is 282 g/mol. The highest BCUT2D eigenvalue weighted by atomic mass is 16.2. The molecule has 2 amide bonds. The van der Waals surface area contributed by atoms with Crippen LogP contribution in [0.25, 0.3) is 11.1 Å². The molecule has 108 valence electrons. The summed E-state index contributed by atoms with van der Waals surface area (Å²) in [5.41, 5.74) is 9.76. The Hall–Kier alpha value is -2.43. The van der Waals surface area contributed by atoms with Crippen molar-refractivity contribution < 1.29 is 4.79 Å². The van der Waals surface area contributed by atoms with Crippen LogP contribution in [0.3, 0.4) is 0 Å². The quantitative estimate of drug-likeness (QED) is 0.920. The van der Waals surface area contributed by atoms with Crippen LogP contribution >= 0.6 is 0 Å². The first-order valence-corrected chi connectivity index (χ1v) is 7.19. The standard InChI is InChI=1S/C16H18N4O/c1-2-11-6-13(9-18-8-11)14-7-12-4-3-5-20(16(17)21)15(12)19-10-14/h6-10H,2-5H2,1H3,(H2,17,21). The van der Waals surface area contributed by atoms with Gasteiger partial charge in [0.25, 0.3) is 0 Å². The Bertz CT molecular complexity index is 684. The number of carbonyl (C=O) groups is 1. The van der Waals surface area contributed by atoms with Gasteiger partial charge < -0.3 is 5.73 Å². The molecule has 0 bridgehead atoms. The van der Waals surface area contributed by atoms with E-state index in [9.17, 15) is 4.79 Å². The number of urea groups is 1. The molecular weight excluding hydrogens is 264 g/mol.